The normalized spacial score (nSPS) is 20.5. The summed E-state index contributed by atoms with van der Waals surface area (Å²) in [5.41, 5.74) is 5.89. The van der Waals surface area contributed by atoms with Gasteiger partial charge < -0.3 is 14.6 Å². The minimum absolute atomic E-state index is 0.130. The van der Waals surface area contributed by atoms with Gasteiger partial charge in [-0.05, 0) is 42.9 Å². The Morgan fingerprint density at radius 2 is 1.94 bits per heavy atom. The fourth-order valence-electron chi connectivity index (χ4n) is 6.51. The number of nitrogens with one attached hydrogen (secondary N) is 1. The van der Waals surface area contributed by atoms with Gasteiger partial charge in [0.05, 0.1) is 30.6 Å². The van der Waals surface area contributed by atoms with Crippen LogP contribution >= 0.6 is 0 Å². The maximum atomic E-state index is 16.2. The van der Waals surface area contributed by atoms with E-state index in [0.29, 0.717) is 22.7 Å². The second kappa shape index (κ2) is 7.98. The summed E-state index contributed by atoms with van der Waals surface area (Å²) in [5.74, 6) is 0.388. The number of aromatic amines is 1. The van der Waals surface area contributed by atoms with E-state index >= 15 is 4.39 Å². The Hall–Kier alpha value is -3.04. The van der Waals surface area contributed by atoms with Gasteiger partial charge in [0.1, 0.15) is 6.33 Å². The molecule has 3 aliphatic rings. The predicted octanol–water partition coefficient (Wildman–Crippen LogP) is 4.14. The lowest BCUT2D eigenvalue weighted by atomic mass is 9.76. The van der Waals surface area contributed by atoms with Gasteiger partial charge in [0.25, 0.3) is 0 Å². The summed E-state index contributed by atoms with van der Waals surface area (Å²) in [6.45, 7) is 12.1. The molecule has 0 saturated carbocycles. The molecule has 1 N–H and O–H groups in total. The molecule has 0 atom stereocenters. The van der Waals surface area contributed by atoms with Crippen molar-refractivity contribution in [2.24, 2.45) is 5.41 Å². The Labute approximate surface area is 209 Å². The molecule has 0 aromatic carbocycles. The van der Waals surface area contributed by atoms with Crippen LogP contribution in [-0.4, -0.2) is 74.9 Å². The number of fused-ring (bicyclic) bond motifs is 2. The fraction of sp³-hybridized carbons (Fsp3) is 0.519. The van der Waals surface area contributed by atoms with E-state index in [4.69, 9.17) is 4.74 Å². The summed E-state index contributed by atoms with van der Waals surface area (Å²) >= 11 is 0. The summed E-state index contributed by atoms with van der Waals surface area (Å²) in [5, 5.41) is 4.97. The van der Waals surface area contributed by atoms with Crippen LogP contribution in [0, 0.1) is 18.2 Å². The minimum Gasteiger partial charge on any atom is -0.380 e. The highest BCUT2D eigenvalue weighted by Gasteiger charge is 2.50. The number of ether oxygens (including phenoxy) is 1. The van der Waals surface area contributed by atoms with Crippen molar-refractivity contribution in [2.45, 2.75) is 45.6 Å². The number of piperidine rings is 1. The van der Waals surface area contributed by atoms with E-state index in [-0.39, 0.29) is 11.7 Å². The Morgan fingerprint density at radius 1 is 1.17 bits per heavy atom. The number of aryl methyl sites for hydroxylation is 1. The number of rotatable bonds is 4. The Morgan fingerprint density at radius 3 is 2.64 bits per heavy atom. The van der Waals surface area contributed by atoms with Gasteiger partial charge in [0.15, 0.2) is 17.3 Å². The summed E-state index contributed by atoms with van der Waals surface area (Å²) in [7, 11) is 0. The van der Waals surface area contributed by atoms with Gasteiger partial charge >= 0.3 is 0 Å². The van der Waals surface area contributed by atoms with Crippen LogP contribution in [0.5, 0.6) is 0 Å². The van der Waals surface area contributed by atoms with Gasteiger partial charge in [-0.3, -0.25) is 4.90 Å². The summed E-state index contributed by atoms with van der Waals surface area (Å²) in [4.78, 5) is 17.1. The number of aromatic nitrogens is 5. The Kier molecular flexibility index (Phi) is 4.92. The second-order valence-corrected chi connectivity index (χ2v) is 11.3. The van der Waals surface area contributed by atoms with Crippen LogP contribution in [0.4, 0.5) is 10.2 Å². The van der Waals surface area contributed by atoms with Crippen LogP contribution in [-0.2, 0) is 4.74 Å². The Bertz CT molecular complexity index is 1450. The number of pyridine rings is 2. The highest BCUT2D eigenvalue weighted by molar-refractivity contribution is 5.93. The molecular weight excluding hydrogens is 457 g/mol. The van der Waals surface area contributed by atoms with Crippen LogP contribution in [0.15, 0.2) is 24.8 Å². The third-order valence-electron chi connectivity index (χ3n) is 8.40. The number of nitrogens with zero attached hydrogens (tertiary/aromatic N) is 6. The molecule has 8 nitrogen and oxygen atoms in total. The topological polar surface area (TPSA) is 74.6 Å². The smallest absolute Gasteiger partial charge is 0.175 e. The van der Waals surface area contributed by atoms with Crippen LogP contribution in [0.2, 0.25) is 0 Å². The molecule has 1 spiro atoms. The molecule has 9 heteroatoms. The minimum atomic E-state index is -0.217. The summed E-state index contributed by atoms with van der Waals surface area (Å²) in [6, 6.07) is 2.67. The zero-order chi connectivity index (χ0) is 24.6. The molecule has 0 amide bonds. The van der Waals surface area contributed by atoms with Gasteiger partial charge in [-0.2, -0.15) is 5.10 Å². The SMILES string of the molecule is Cc1cc(-c2[nH]c3cnc(N4CCC(N5CC6(COC6)C5)CC4)c(F)c3c2C(C)C)cn2ncnc12. The van der Waals surface area contributed by atoms with Crippen molar-refractivity contribution in [2.75, 3.05) is 44.3 Å². The van der Waals surface area contributed by atoms with Crippen molar-refractivity contribution >= 4 is 22.4 Å². The van der Waals surface area contributed by atoms with E-state index in [9.17, 15) is 0 Å². The molecule has 4 aromatic rings. The molecule has 7 heterocycles. The highest BCUT2D eigenvalue weighted by Crippen LogP contribution is 2.42. The average Bonchev–Trinajstić information content (AvgIpc) is 3.43. The number of hydrogen-bond acceptors (Lipinski definition) is 6. The molecule has 0 bridgehead atoms. The van der Waals surface area contributed by atoms with E-state index in [1.165, 1.54) is 0 Å². The standard InChI is InChI=1S/C27H32FN7O/c1-16(2)21-22-20(32-24(21)18-8-17(3)25-30-15-31-35(25)10-18)9-29-26(23(22)28)33-6-4-19(5-7-33)34-11-27(12-34)13-36-14-27/h8-10,15-16,19,32H,4-7,11-14H2,1-3H3. The van der Waals surface area contributed by atoms with Gasteiger partial charge in [0, 0.05) is 54.8 Å². The molecule has 4 aromatic heterocycles. The van der Waals surface area contributed by atoms with Crippen molar-refractivity contribution in [1.29, 1.82) is 0 Å². The number of anilines is 1. The largest absolute Gasteiger partial charge is 0.380 e. The van der Waals surface area contributed by atoms with Gasteiger partial charge in [-0.15, -0.1) is 0 Å². The van der Waals surface area contributed by atoms with Gasteiger partial charge in [-0.1, -0.05) is 13.8 Å². The van der Waals surface area contributed by atoms with E-state index in [0.717, 1.165) is 85.8 Å². The molecule has 3 saturated heterocycles. The van der Waals surface area contributed by atoms with Gasteiger partial charge in [-0.25, -0.2) is 18.9 Å². The number of hydrogen-bond donors (Lipinski definition) is 1. The number of H-pyrrole nitrogens is 1. The van der Waals surface area contributed by atoms with Crippen molar-refractivity contribution in [3.63, 3.8) is 0 Å². The lowest BCUT2D eigenvalue weighted by Gasteiger charge is -2.58. The van der Waals surface area contributed by atoms with Crippen LogP contribution in [0.1, 0.15) is 43.7 Å². The number of halogens is 1. The van der Waals surface area contributed by atoms with Crippen LogP contribution < -0.4 is 4.90 Å². The molecule has 188 valence electrons. The third-order valence-corrected chi connectivity index (χ3v) is 8.40. The van der Waals surface area contributed by atoms with Crippen LogP contribution in [0.25, 0.3) is 27.8 Å². The van der Waals surface area contributed by atoms with E-state index in [2.05, 4.69) is 49.8 Å². The first-order valence-corrected chi connectivity index (χ1v) is 13.0. The molecule has 3 fully saturated rings. The average molecular weight is 490 g/mol. The lowest BCUT2D eigenvalue weighted by Crippen LogP contribution is -2.68. The number of likely N-dealkylation sites (tertiary alicyclic amines) is 1. The van der Waals surface area contributed by atoms with Crippen molar-refractivity contribution in [1.82, 2.24) is 29.5 Å². The van der Waals surface area contributed by atoms with E-state index < -0.39 is 0 Å². The molecule has 7 rings (SSSR count). The molecule has 36 heavy (non-hydrogen) atoms. The van der Waals surface area contributed by atoms with Crippen molar-refractivity contribution in [3.05, 3.63) is 41.7 Å². The first-order chi connectivity index (χ1) is 17.4. The first kappa shape index (κ1) is 22.2. The third kappa shape index (κ3) is 3.29. The lowest BCUT2D eigenvalue weighted by molar-refractivity contribution is -0.199. The monoisotopic (exact) mass is 489 g/mol. The van der Waals surface area contributed by atoms with E-state index in [1.807, 2.05) is 13.1 Å². The molecule has 0 radical (unpaired) electrons. The molecule has 0 aliphatic carbocycles. The molecular formula is C27H32FN7O. The predicted molar refractivity (Wildman–Crippen MR) is 137 cm³/mol. The zero-order valence-corrected chi connectivity index (χ0v) is 21.1. The maximum absolute atomic E-state index is 16.2. The van der Waals surface area contributed by atoms with Crippen molar-refractivity contribution in [3.8, 4) is 11.3 Å². The quantitative estimate of drug-likeness (QED) is 0.464. The zero-order valence-electron chi connectivity index (χ0n) is 21.1. The summed E-state index contributed by atoms with van der Waals surface area (Å²) in [6.07, 6.45) is 7.40. The maximum Gasteiger partial charge on any atom is 0.175 e. The second-order valence-electron chi connectivity index (χ2n) is 11.3. The highest BCUT2D eigenvalue weighted by atomic mass is 19.1. The molecule has 0 unspecified atom stereocenters. The summed E-state index contributed by atoms with van der Waals surface area (Å²) < 4.78 is 23.4. The fourth-order valence-corrected chi connectivity index (χ4v) is 6.51. The first-order valence-electron chi connectivity index (χ1n) is 13.0. The van der Waals surface area contributed by atoms with E-state index in [1.54, 1.807) is 17.0 Å². The molecule has 3 aliphatic heterocycles. The Balaban J connectivity index is 1.20. The van der Waals surface area contributed by atoms with Gasteiger partial charge in [0.2, 0.25) is 0 Å². The van der Waals surface area contributed by atoms with Crippen molar-refractivity contribution < 1.29 is 9.13 Å². The van der Waals surface area contributed by atoms with Crippen LogP contribution in [0.3, 0.4) is 0 Å².